The monoisotopic (exact) mass is 281 g/mol. The molecule has 0 unspecified atom stereocenters. The minimum Gasteiger partial charge on any atom is -0.489 e. The number of fused-ring (bicyclic) bond motifs is 1. The second-order valence-electron chi connectivity index (χ2n) is 5.23. The molecule has 1 heterocycles. The van der Waals surface area contributed by atoms with E-state index in [2.05, 4.69) is 12.2 Å². The van der Waals surface area contributed by atoms with Gasteiger partial charge in [-0.1, -0.05) is 43.7 Å². The van der Waals surface area contributed by atoms with Crippen LogP contribution in [0.15, 0.2) is 42.5 Å². The van der Waals surface area contributed by atoms with Crippen molar-refractivity contribution in [1.29, 1.82) is 0 Å². The molecule has 0 atom stereocenters. The van der Waals surface area contributed by atoms with Gasteiger partial charge in [0.25, 0.3) is 0 Å². The van der Waals surface area contributed by atoms with Crippen LogP contribution in [0.2, 0.25) is 0 Å². The third-order valence-electron chi connectivity index (χ3n) is 3.68. The number of ketones is 1. The lowest BCUT2D eigenvalue weighted by molar-refractivity contribution is 0.103. The van der Waals surface area contributed by atoms with Crippen molar-refractivity contribution in [3.05, 3.63) is 59.2 Å². The summed E-state index contributed by atoms with van der Waals surface area (Å²) in [6.45, 7) is 3.52. The van der Waals surface area contributed by atoms with Gasteiger partial charge in [-0.15, -0.1) is 0 Å². The topological polar surface area (TPSA) is 38.3 Å². The minimum atomic E-state index is 0.0126. The van der Waals surface area contributed by atoms with E-state index in [1.807, 2.05) is 42.5 Å². The number of nitrogens with one attached hydrogen (secondary N) is 1. The molecular weight excluding hydrogens is 262 g/mol. The summed E-state index contributed by atoms with van der Waals surface area (Å²) in [4.78, 5) is 12.7. The van der Waals surface area contributed by atoms with Gasteiger partial charge in [-0.2, -0.15) is 0 Å². The Morgan fingerprint density at radius 3 is 2.76 bits per heavy atom. The Hall–Kier alpha value is -2.29. The molecule has 3 nitrogen and oxygen atoms in total. The molecule has 3 rings (SSSR count). The molecule has 0 bridgehead atoms. The van der Waals surface area contributed by atoms with Gasteiger partial charge in [0.05, 0.1) is 11.3 Å². The molecule has 0 saturated carbocycles. The van der Waals surface area contributed by atoms with E-state index in [0.29, 0.717) is 23.5 Å². The highest BCUT2D eigenvalue weighted by Crippen LogP contribution is 2.32. The highest BCUT2D eigenvalue weighted by atomic mass is 16.5. The summed E-state index contributed by atoms with van der Waals surface area (Å²) in [6.07, 6.45) is 2.15. The maximum absolute atomic E-state index is 12.7. The summed E-state index contributed by atoms with van der Waals surface area (Å²) >= 11 is 0. The van der Waals surface area contributed by atoms with Gasteiger partial charge in [-0.25, -0.2) is 0 Å². The number of rotatable bonds is 4. The zero-order chi connectivity index (χ0) is 14.7. The second-order valence-corrected chi connectivity index (χ2v) is 5.23. The predicted molar refractivity (Wildman–Crippen MR) is 84.3 cm³/mol. The van der Waals surface area contributed by atoms with E-state index in [4.69, 9.17) is 4.74 Å². The highest BCUT2D eigenvalue weighted by molar-refractivity contribution is 6.11. The van der Waals surface area contributed by atoms with Gasteiger partial charge in [-0.3, -0.25) is 4.79 Å². The predicted octanol–water partition coefficient (Wildman–Crippen LogP) is 3.67. The van der Waals surface area contributed by atoms with Crippen molar-refractivity contribution in [3.8, 4) is 5.75 Å². The van der Waals surface area contributed by atoms with Gasteiger partial charge < -0.3 is 10.1 Å². The SMILES string of the molecule is CCCc1ccc(C(=O)c2cccc3c2OCCN3)cc1. The first-order chi connectivity index (χ1) is 10.3. The summed E-state index contributed by atoms with van der Waals surface area (Å²) in [6, 6.07) is 13.5. The first kappa shape index (κ1) is 13.7. The zero-order valence-electron chi connectivity index (χ0n) is 12.2. The summed E-state index contributed by atoms with van der Waals surface area (Å²) < 4.78 is 5.68. The molecular formula is C18H19NO2. The molecule has 0 saturated heterocycles. The van der Waals surface area contributed by atoms with Crippen molar-refractivity contribution in [2.75, 3.05) is 18.5 Å². The van der Waals surface area contributed by atoms with Crippen LogP contribution in [-0.4, -0.2) is 18.9 Å². The first-order valence-electron chi connectivity index (χ1n) is 7.43. The summed E-state index contributed by atoms with van der Waals surface area (Å²) in [5.41, 5.74) is 3.50. The largest absolute Gasteiger partial charge is 0.489 e. The van der Waals surface area contributed by atoms with Gasteiger partial charge >= 0.3 is 0 Å². The lowest BCUT2D eigenvalue weighted by atomic mass is 9.99. The van der Waals surface area contributed by atoms with Crippen LogP contribution in [0.1, 0.15) is 34.8 Å². The van der Waals surface area contributed by atoms with E-state index in [-0.39, 0.29) is 5.78 Å². The van der Waals surface area contributed by atoms with Crippen molar-refractivity contribution in [1.82, 2.24) is 0 Å². The van der Waals surface area contributed by atoms with Crippen molar-refractivity contribution in [2.24, 2.45) is 0 Å². The van der Waals surface area contributed by atoms with Gasteiger partial charge in [-0.05, 0) is 24.1 Å². The summed E-state index contributed by atoms with van der Waals surface area (Å²) in [5.74, 6) is 0.685. The molecule has 1 N–H and O–H groups in total. The van der Waals surface area contributed by atoms with E-state index in [1.165, 1.54) is 5.56 Å². The van der Waals surface area contributed by atoms with E-state index in [1.54, 1.807) is 0 Å². The van der Waals surface area contributed by atoms with Gasteiger partial charge in [0.15, 0.2) is 11.5 Å². The molecule has 2 aromatic carbocycles. The van der Waals surface area contributed by atoms with Crippen molar-refractivity contribution in [3.63, 3.8) is 0 Å². The maximum atomic E-state index is 12.7. The van der Waals surface area contributed by atoms with Crippen LogP contribution in [0.3, 0.4) is 0 Å². The van der Waals surface area contributed by atoms with Crippen LogP contribution in [0.4, 0.5) is 5.69 Å². The number of para-hydroxylation sites is 1. The van der Waals surface area contributed by atoms with E-state index < -0.39 is 0 Å². The lowest BCUT2D eigenvalue weighted by Gasteiger charge is -2.21. The van der Waals surface area contributed by atoms with Crippen LogP contribution >= 0.6 is 0 Å². The fourth-order valence-corrected chi connectivity index (χ4v) is 2.62. The summed E-state index contributed by atoms with van der Waals surface area (Å²) in [7, 11) is 0. The van der Waals surface area contributed by atoms with Crippen molar-refractivity contribution in [2.45, 2.75) is 19.8 Å². The Morgan fingerprint density at radius 2 is 2.00 bits per heavy atom. The fraction of sp³-hybridized carbons (Fsp3) is 0.278. The van der Waals surface area contributed by atoms with Gasteiger partial charge in [0.1, 0.15) is 6.61 Å². The Labute approximate surface area is 124 Å². The van der Waals surface area contributed by atoms with Gasteiger partial charge in [0, 0.05) is 12.1 Å². The average molecular weight is 281 g/mol. The molecule has 0 spiro atoms. The average Bonchev–Trinajstić information content (AvgIpc) is 2.55. The number of carbonyl (C=O) groups excluding carboxylic acids is 1. The molecule has 2 aromatic rings. The number of carbonyl (C=O) groups is 1. The van der Waals surface area contributed by atoms with Crippen LogP contribution < -0.4 is 10.1 Å². The molecule has 1 aliphatic rings. The molecule has 0 amide bonds. The Bertz CT molecular complexity index is 647. The van der Waals surface area contributed by atoms with E-state index in [0.717, 1.165) is 25.1 Å². The number of benzene rings is 2. The zero-order valence-corrected chi connectivity index (χ0v) is 12.2. The van der Waals surface area contributed by atoms with Crippen LogP contribution in [0, 0.1) is 0 Å². The smallest absolute Gasteiger partial charge is 0.196 e. The van der Waals surface area contributed by atoms with Crippen molar-refractivity contribution < 1.29 is 9.53 Å². The standard InChI is InChI=1S/C18H19NO2/c1-2-4-13-7-9-14(10-8-13)17(20)15-5-3-6-16-18(15)21-12-11-19-16/h3,5-10,19H,2,4,11-12H2,1H3. The van der Waals surface area contributed by atoms with Gasteiger partial charge in [0.2, 0.25) is 0 Å². The normalized spacial score (nSPS) is 13.0. The molecule has 21 heavy (non-hydrogen) atoms. The number of hydrogen-bond acceptors (Lipinski definition) is 3. The number of ether oxygens (including phenoxy) is 1. The number of aryl methyl sites for hydroxylation is 1. The third-order valence-corrected chi connectivity index (χ3v) is 3.68. The minimum absolute atomic E-state index is 0.0126. The molecule has 0 aromatic heterocycles. The quantitative estimate of drug-likeness (QED) is 0.869. The molecule has 0 radical (unpaired) electrons. The Balaban J connectivity index is 1.91. The molecule has 3 heteroatoms. The third kappa shape index (κ3) is 2.77. The molecule has 0 aliphatic carbocycles. The number of hydrogen-bond donors (Lipinski definition) is 1. The summed E-state index contributed by atoms with van der Waals surface area (Å²) in [5, 5.41) is 3.26. The van der Waals surface area contributed by atoms with Crippen LogP contribution in [-0.2, 0) is 6.42 Å². The molecule has 108 valence electrons. The first-order valence-corrected chi connectivity index (χ1v) is 7.43. The van der Waals surface area contributed by atoms with Crippen molar-refractivity contribution >= 4 is 11.5 Å². The maximum Gasteiger partial charge on any atom is 0.196 e. The Morgan fingerprint density at radius 1 is 1.19 bits per heavy atom. The highest BCUT2D eigenvalue weighted by Gasteiger charge is 2.19. The van der Waals surface area contributed by atoms with Crippen LogP contribution in [0.25, 0.3) is 0 Å². The Kier molecular flexibility index (Phi) is 3.91. The second kappa shape index (κ2) is 6.00. The van der Waals surface area contributed by atoms with E-state index >= 15 is 0 Å². The molecule has 1 aliphatic heterocycles. The van der Waals surface area contributed by atoms with E-state index in [9.17, 15) is 4.79 Å². The van der Waals surface area contributed by atoms with Crippen LogP contribution in [0.5, 0.6) is 5.75 Å². The fourth-order valence-electron chi connectivity index (χ4n) is 2.62. The molecule has 0 fully saturated rings. The number of anilines is 1. The lowest BCUT2D eigenvalue weighted by Crippen LogP contribution is -2.20.